The zero-order valence-electron chi connectivity index (χ0n) is 5.32. The van der Waals surface area contributed by atoms with Gasteiger partial charge in [-0.05, 0) is 0 Å². The van der Waals surface area contributed by atoms with Gasteiger partial charge in [0.25, 0.3) is 0 Å². The predicted molar refractivity (Wildman–Crippen MR) is 41.4 cm³/mol. The number of rotatable bonds is 0. The van der Waals surface area contributed by atoms with E-state index >= 15 is 0 Å². The number of nitrogens with two attached hydrogens (primary N) is 1. The maximum absolute atomic E-state index is 5.67. The van der Waals surface area contributed by atoms with Gasteiger partial charge >= 0.3 is 0 Å². The Morgan fingerprint density at radius 1 is 1.36 bits per heavy atom. The zero-order valence-corrected chi connectivity index (χ0v) is 6.08. The zero-order chi connectivity index (χ0) is 7.84. The molecule has 0 fully saturated rings. The first-order valence-electron chi connectivity index (χ1n) is 2.84. The lowest BCUT2D eigenvalue weighted by atomic mass is 10.5. The Hall–Kier alpha value is -1.36. The molecule has 1 aliphatic heterocycles. The summed E-state index contributed by atoms with van der Waals surface area (Å²) >= 11 is 5.67. The summed E-state index contributed by atoms with van der Waals surface area (Å²) in [6.07, 6.45) is 1.37. The number of hydrogen-bond acceptors (Lipinski definition) is 4. The Morgan fingerprint density at radius 2 is 2.18 bits per heavy atom. The second kappa shape index (κ2) is 2.06. The fourth-order valence-electron chi connectivity index (χ4n) is 0.775. The van der Waals surface area contributed by atoms with Crippen LogP contribution in [0.3, 0.4) is 0 Å². The second-order valence-corrected chi connectivity index (χ2v) is 2.28. The Labute approximate surface area is 67.3 Å². The molecule has 2 N–H and O–H groups in total. The number of aromatic nitrogens is 2. The molecule has 1 aromatic rings. The number of aliphatic imine (C=N–C) groups is 1. The summed E-state index contributed by atoms with van der Waals surface area (Å²) in [7, 11) is 0. The van der Waals surface area contributed by atoms with Crippen LogP contribution in [0.25, 0.3) is 0 Å². The molecule has 0 amide bonds. The van der Waals surface area contributed by atoms with Crippen molar-refractivity contribution in [2.45, 2.75) is 0 Å². The van der Waals surface area contributed by atoms with Crippen molar-refractivity contribution in [1.82, 2.24) is 15.3 Å². The van der Waals surface area contributed by atoms with Gasteiger partial charge in [0.05, 0.1) is 0 Å². The predicted octanol–water partition coefficient (Wildman–Crippen LogP) is 0.621. The number of nitrogens with zero attached hydrogens (tertiary/aromatic N) is 4. The van der Waals surface area contributed by atoms with Crippen molar-refractivity contribution in [2.24, 2.45) is 4.99 Å². The molecule has 1 aromatic heterocycles. The molecule has 0 bridgehead atoms. The third-order valence-corrected chi connectivity index (χ3v) is 1.47. The first-order chi connectivity index (χ1) is 5.27. The lowest BCUT2D eigenvalue weighted by Gasteiger charge is -1.97. The molecule has 1 radical (unpaired) electrons. The van der Waals surface area contributed by atoms with E-state index < -0.39 is 0 Å². The third-order valence-electron chi connectivity index (χ3n) is 1.21. The summed E-state index contributed by atoms with van der Waals surface area (Å²) in [6.45, 7) is 0. The topological polar surface area (TPSA) is 78.3 Å². The van der Waals surface area contributed by atoms with Crippen molar-refractivity contribution in [1.29, 1.82) is 0 Å². The van der Waals surface area contributed by atoms with Gasteiger partial charge in [-0.1, -0.05) is 11.6 Å². The summed E-state index contributed by atoms with van der Waals surface area (Å²) in [6, 6.07) is 0. The van der Waals surface area contributed by atoms with Crippen molar-refractivity contribution < 1.29 is 0 Å². The monoisotopic (exact) mass is 168 g/mol. The molecular formula is C5H3ClN5. The average molecular weight is 169 g/mol. The number of nitrogen functional groups attached to an aromatic ring is 1. The first-order valence-corrected chi connectivity index (χ1v) is 3.21. The van der Waals surface area contributed by atoms with E-state index in [0.29, 0.717) is 11.5 Å². The van der Waals surface area contributed by atoms with Crippen LogP contribution in [0.1, 0.15) is 0 Å². The highest BCUT2D eigenvalue weighted by Crippen LogP contribution is 2.32. The summed E-state index contributed by atoms with van der Waals surface area (Å²) in [5, 5.41) is 4.05. The number of fused-ring (bicyclic) bond motifs is 1. The molecule has 2 rings (SSSR count). The van der Waals surface area contributed by atoms with E-state index in [-0.39, 0.29) is 11.1 Å². The van der Waals surface area contributed by atoms with E-state index in [1.165, 1.54) is 6.34 Å². The van der Waals surface area contributed by atoms with Crippen molar-refractivity contribution in [3.05, 3.63) is 5.15 Å². The van der Waals surface area contributed by atoms with E-state index in [4.69, 9.17) is 17.3 Å². The van der Waals surface area contributed by atoms with Gasteiger partial charge in [-0.2, -0.15) is 9.97 Å². The number of anilines is 1. The maximum atomic E-state index is 5.67. The lowest BCUT2D eigenvalue weighted by Crippen LogP contribution is -1.97. The van der Waals surface area contributed by atoms with Crippen LogP contribution >= 0.6 is 11.6 Å². The SMILES string of the molecule is Nc1nc(Cl)c2c(n1)[N]C=N2. The van der Waals surface area contributed by atoms with Crippen LogP contribution in [0.15, 0.2) is 4.99 Å². The maximum Gasteiger partial charge on any atom is 0.223 e. The number of hydrogen-bond donors (Lipinski definition) is 1. The van der Waals surface area contributed by atoms with Gasteiger partial charge in [0.1, 0.15) is 12.0 Å². The fourth-order valence-corrected chi connectivity index (χ4v) is 0.994. The second-order valence-electron chi connectivity index (χ2n) is 1.92. The van der Waals surface area contributed by atoms with Crippen molar-refractivity contribution >= 4 is 35.4 Å². The smallest absolute Gasteiger partial charge is 0.223 e. The fraction of sp³-hybridized carbons (Fsp3) is 0. The van der Waals surface area contributed by atoms with E-state index in [1.807, 2.05) is 0 Å². The largest absolute Gasteiger partial charge is 0.368 e. The molecule has 0 saturated heterocycles. The molecule has 0 spiro atoms. The van der Waals surface area contributed by atoms with E-state index in [1.54, 1.807) is 0 Å². The molecule has 1 aliphatic rings. The van der Waals surface area contributed by atoms with Crippen LogP contribution in [-0.2, 0) is 0 Å². The van der Waals surface area contributed by atoms with Crippen LogP contribution in [0.5, 0.6) is 0 Å². The Kier molecular flexibility index (Phi) is 1.19. The molecule has 6 heteroatoms. The van der Waals surface area contributed by atoms with Gasteiger partial charge in [-0.15, -0.1) is 0 Å². The highest BCUT2D eigenvalue weighted by Gasteiger charge is 2.14. The van der Waals surface area contributed by atoms with Crippen LogP contribution in [0.4, 0.5) is 17.5 Å². The molecule has 2 heterocycles. The van der Waals surface area contributed by atoms with Crippen molar-refractivity contribution in [2.75, 3.05) is 5.73 Å². The van der Waals surface area contributed by atoms with Gasteiger partial charge in [0.2, 0.25) is 5.95 Å². The Balaban J connectivity index is 2.67. The van der Waals surface area contributed by atoms with Crippen LogP contribution < -0.4 is 11.1 Å². The van der Waals surface area contributed by atoms with Crippen LogP contribution in [0, 0.1) is 0 Å². The molecule has 0 atom stereocenters. The molecule has 0 aliphatic carbocycles. The normalized spacial score (nSPS) is 12.8. The lowest BCUT2D eigenvalue weighted by molar-refractivity contribution is 1.13. The Bertz CT molecular complexity index is 334. The van der Waals surface area contributed by atoms with Gasteiger partial charge < -0.3 is 5.73 Å². The van der Waals surface area contributed by atoms with E-state index in [9.17, 15) is 0 Å². The highest BCUT2D eigenvalue weighted by molar-refractivity contribution is 6.32. The minimum atomic E-state index is 0.114. The quantitative estimate of drug-likeness (QED) is 0.577. The molecular weight excluding hydrogens is 166 g/mol. The first kappa shape index (κ1) is 6.36. The molecule has 0 unspecified atom stereocenters. The number of halogens is 1. The minimum absolute atomic E-state index is 0.114. The minimum Gasteiger partial charge on any atom is -0.368 e. The molecule has 0 saturated carbocycles. The van der Waals surface area contributed by atoms with E-state index in [2.05, 4.69) is 20.3 Å². The summed E-state index contributed by atoms with van der Waals surface area (Å²) < 4.78 is 0. The van der Waals surface area contributed by atoms with Crippen molar-refractivity contribution in [3.63, 3.8) is 0 Å². The Morgan fingerprint density at radius 3 is 3.00 bits per heavy atom. The summed E-state index contributed by atoms with van der Waals surface area (Å²) in [5.41, 5.74) is 5.80. The van der Waals surface area contributed by atoms with E-state index in [0.717, 1.165) is 0 Å². The van der Waals surface area contributed by atoms with Gasteiger partial charge in [0.15, 0.2) is 11.0 Å². The molecule has 5 nitrogen and oxygen atoms in total. The third kappa shape index (κ3) is 0.894. The van der Waals surface area contributed by atoms with Gasteiger partial charge in [-0.3, -0.25) is 0 Å². The highest BCUT2D eigenvalue weighted by atomic mass is 35.5. The average Bonchev–Trinajstić information content (AvgIpc) is 2.34. The molecule has 55 valence electrons. The summed E-state index contributed by atoms with van der Waals surface area (Å²) in [4.78, 5) is 11.3. The van der Waals surface area contributed by atoms with Gasteiger partial charge in [0, 0.05) is 0 Å². The summed E-state index contributed by atoms with van der Waals surface area (Å²) in [5.74, 6) is 0.547. The van der Waals surface area contributed by atoms with Crippen molar-refractivity contribution in [3.8, 4) is 0 Å². The standard InChI is InChI=1S/C5H3ClN5/c6-3-2-4(9-1-8-2)11-5(7)10-3/h1H,(H2,7,10,11). The van der Waals surface area contributed by atoms with Crippen LogP contribution in [-0.4, -0.2) is 16.3 Å². The molecule has 11 heavy (non-hydrogen) atoms. The molecule has 0 aromatic carbocycles. The van der Waals surface area contributed by atoms with Crippen LogP contribution in [0.2, 0.25) is 5.15 Å². The van der Waals surface area contributed by atoms with Gasteiger partial charge in [-0.25, -0.2) is 10.3 Å².